The smallest absolute Gasteiger partial charge is 0.406 e. The molecule has 0 bridgehead atoms. The van der Waals surface area contributed by atoms with E-state index in [1.54, 1.807) is 0 Å². The third-order valence-electron chi connectivity index (χ3n) is 3.46. The van der Waals surface area contributed by atoms with Gasteiger partial charge in [0.1, 0.15) is 17.4 Å². The molecule has 0 atom stereocenters. The quantitative estimate of drug-likeness (QED) is 0.732. The number of nitrogens with zero attached hydrogens (tertiary/aromatic N) is 3. The molecule has 3 rings (SSSR count). The molecular weight excluding hydrogens is 345 g/mol. The van der Waals surface area contributed by atoms with Crippen LogP contribution in [0, 0.1) is 0 Å². The number of halogens is 3. The second-order valence-corrected chi connectivity index (χ2v) is 5.94. The van der Waals surface area contributed by atoms with Crippen LogP contribution in [0.2, 0.25) is 0 Å². The molecule has 0 aliphatic rings. The molecule has 1 aromatic heterocycles. The summed E-state index contributed by atoms with van der Waals surface area (Å²) in [4.78, 5) is 11.0. The lowest BCUT2D eigenvalue weighted by molar-refractivity contribution is -0.274. The van der Waals surface area contributed by atoms with Crippen LogP contribution in [-0.4, -0.2) is 35.3 Å². The number of hydrogen-bond acceptors (Lipinski definition) is 5. The number of anilines is 2. The van der Waals surface area contributed by atoms with Gasteiger partial charge in [0.2, 0.25) is 0 Å². The van der Waals surface area contributed by atoms with Gasteiger partial charge in [-0.25, -0.2) is 9.97 Å². The van der Waals surface area contributed by atoms with Crippen molar-refractivity contribution in [2.75, 3.05) is 19.4 Å². The summed E-state index contributed by atoms with van der Waals surface area (Å²) in [6.07, 6.45) is -4.71. The van der Waals surface area contributed by atoms with Gasteiger partial charge in [0, 0.05) is 11.1 Å². The van der Waals surface area contributed by atoms with Crippen molar-refractivity contribution in [3.8, 4) is 5.75 Å². The van der Waals surface area contributed by atoms with E-state index in [9.17, 15) is 13.2 Å². The van der Waals surface area contributed by atoms with E-state index in [0.717, 1.165) is 10.9 Å². The minimum atomic E-state index is -4.71. The zero-order valence-electron chi connectivity index (χ0n) is 14.2. The third kappa shape index (κ3) is 4.60. The van der Waals surface area contributed by atoms with Crippen LogP contribution in [-0.2, 0) is 6.54 Å². The molecule has 5 nitrogen and oxygen atoms in total. The Labute approximate surface area is 148 Å². The van der Waals surface area contributed by atoms with E-state index >= 15 is 0 Å². The van der Waals surface area contributed by atoms with Gasteiger partial charge in [0.05, 0.1) is 12.1 Å². The Morgan fingerprint density at radius 2 is 1.69 bits per heavy atom. The minimum absolute atomic E-state index is 0.274. The van der Waals surface area contributed by atoms with Crippen LogP contribution >= 0.6 is 0 Å². The predicted octanol–water partition coefficient (Wildman–Crippen LogP) is 4.33. The monoisotopic (exact) mass is 362 g/mol. The maximum atomic E-state index is 12.3. The number of benzene rings is 2. The highest BCUT2D eigenvalue weighted by Gasteiger charge is 2.30. The summed E-state index contributed by atoms with van der Waals surface area (Å²) < 4.78 is 40.6. The van der Waals surface area contributed by atoms with Gasteiger partial charge in [-0.15, -0.1) is 13.2 Å². The molecule has 2 aromatic carbocycles. The van der Waals surface area contributed by atoms with Crippen LogP contribution in [0.4, 0.5) is 24.7 Å². The molecule has 0 aliphatic heterocycles. The number of rotatable bonds is 5. The van der Waals surface area contributed by atoms with E-state index in [-0.39, 0.29) is 5.75 Å². The van der Waals surface area contributed by atoms with E-state index in [4.69, 9.17) is 0 Å². The SMILES string of the molecule is CN(C)Cc1nc(Nc2ccc(OC(F)(F)F)cc2)c2ccccc2n1. The summed E-state index contributed by atoms with van der Waals surface area (Å²) in [6.45, 7) is 0.567. The first-order valence-corrected chi connectivity index (χ1v) is 7.83. The number of para-hydroxylation sites is 1. The third-order valence-corrected chi connectivity index (χ3v) is 3.46. The van der Waals surface area contributed by atoms with Crippen LogP contribution in [0.15, 0.2) is 48.5 Å². The van der Waals surface area contributed by atoms with E-state index < -0.39 is 6.36 Å². The van der Waals surface area contributed by atoms with Crippen molar-refractivity contribution in [2.45, 2.75) is 12.9 Å². The molecule has 0 spiro atoms. The van der Waals surface area contributed by atoms with Gasteiger partial charge in [0.25, 0.3) is 0 Å². The molecule has 1 heterocycles. The molecule has 0 amide bonds. The molecule has 0 saturated carbocycles. The van der Waals surface area contributed by atoms with Gasteiger partial charge >= 0.3 is 6.36 Å². The highest BCUT2D eigenvalue weighted by molar-refractivity contribution is 5.90. The lowest BCUT2D eigenvalue weighted by Gasteiger charge is -2.14. The number of fused-ring (bicyclic) bond motifs is 1. The molecule has 136 valence electrons. The predicted molar refractivity (Wildman–Crippen MR) is 93.3 cm³/mol. The summed E-state index contributed by atoms with van der Waals surface area (Å²) in [6, 6.07) is 13.1. The van der Waals surface area contributed by atoms with E-state index in [0.29, 0.717) is 23.9 Å². The summed E-state index contributed by atoms with van der Waals surface area (Å²) in [5.74, 6) is 0.967. The molecule has 3 aromatic rings. The maximum absolute atomic E-state index is 12.3. The molecule has 0 aliphatic carbocycles. The average molecular weight is 362 g/mol. The fourth-order valence-electron chi connectivity index (χ4n) is 2.45. The zero-order valence-corrected chi connectivity index (χ0v) is 14.2. The molecule has 0 unspecified atom stereocenters. The van der Waals surface area contributed by atoms with Crippen molar-refractivity contribution in [3.05, 3.63) is 54.4 Å². The van der Waals surface area contributed by atoms with E-state index in [1.807, 2.05) is 43.3 Å². The molecule has 0 fully saturated rings. The van der Waals surface area contributed by atoms with Crippen LogP contribution in [0.3, 0.4) is 0 Å². The standard InChI is InChI=1S/C18H17F3N4O/c1-25(2)11-16-23-15-6-4-3-5-14(15)17(24-16)22-12-7-9-13(10-8-12)26-18(19,20)21/h3-10H,11H2,1-2H3,(H,22,23,24). The number of alkyl halides is 3. The Morgan fingerprint density at radius 3 is 2.35 bits per heavy atom. The van der Waals surface area contributed by atoms with Crippen molar-refractivity contribution < 1.29 is 17.9 Å². The lowest BCUT2D eigenvalue weighted by atomic mass is 10.2. The fraction of sp³-hybridized carbons (Fsp3) is 0.222. The summed E-state index contributed by atoms with van der Waals surface area (Å²) in [5, 5.41) is 3.97. The van der Waals surface area contributed by atoms with Gasteiger partial charge in [-0.05, 0) is 50.5 Å². The van der Waals surface area contributed by atoms with E-state index in [2.05, 4.69) is 20.0 Å². The number of aromatic nitrogens is 2. The van der Waals surface area contributed by atoms with Crippen LogP contribution in [0.5, 0.6) is 5.75 Å². The largest absolute Gasteiger partial charge is 0.573 e. The van der Waals surface area contributed by atoms with Crippen molar-refractivity contribution >= 4 is 22.4 Å². The molecule has 8 heteroatoms. The number of nitrogens with one attached hydrogen (secondary N) is 1. The van der Waals surface area contributed by atoms with Gasteiger partial charge in [-0.1, -0.05) is 12.1 Å². The lowest BCUT2D eigenvalue weighted by Crippen LogP contribution is -2.17. The Hall–Kier alpha value is -2.87. The highest BCUT2D eigenvalue weighted by atomic mass is 19.4. The fourth-order valence-corrected chi connectivity index (χ4v) is 2.45. The Balaban J connectivity index is 1.90. The van der Waals surface area contributed by atoms with Crippen LogP contribution in [0.1, 0.15) is 5.82 Å². The maximum Gasteiger partial charge on any atom is 0.573 e. The van der Waals surface area contributed by atoms with E-state index in [1.165, 1.54) is 24.3 Å². The summed E-state index contributed by atoms with van der Waals surface area (Å²) in [7, 11) is 3.84. The molecule has 26 heavy (non-hydrogen) atoms. The van der Waals surface area contributed by atoms with Crippen molar-refractivity contribution in [1.82, 2.24) is 14.9 Å². The molecule has 1 N–H and O–H groups in total. The summed E-state index contributed by atoms with van der Waals surface area (Å²) >= 11 is 0. The number of hydrogen-bond donors (Lipinski definition) is 1. The second-order valence-electron chi connectivity index (χ2n) is 5.94. The normalized spacial score (nSPS) is 11.8. The van der Waals surface area contributed by atoms with Gasteiger partial charge in [-0.3, -0.25) is 0 Å². The first-order valence-electron chi connectivity index (χ1n) is 7.83. The first kappa shape index (κ1) is 17.9. The minimum Gasteiger partial charge on any atom is -0.406 e. The highest BCUT2D eigenvalue weighted by Crippen LogP contribution is 2.27. The topological polar surface area (TPSA) is 50.3 Å². The summed E-state index contributed by atoms with van der Waals surface area (Å²) in [5.41, 5.74) is 1.39. The average Bonchev–Trinajstić information content (AvgIpc) is 2.55. The van der Waals surface area contributed by atoms with Gasteiger partial charge < -0.3 is 15.0 Å². The zero-order chi connectivity index (χ0) is 18.7. The molecular formula is C18H17F3N4O. The molecule has 0 radical (unpaired) electrons. The Morgan fingerprint density at radius 1 is 1.00 bits per heavy atom. The first-order chi connectivity index (χ1) is 12.3. The van der Waals surface area contributed by atoms with Crippen molar-refractivity contribution in [1.29, 1.82) is 0 Å². The van der Waals surface area contributed by atoms with Crippen molar-refractivity contribution in [2.24, 2.45) is 0 Å². The Bertz CT molecular complexity index is 895. The van der Waals surface area contributed by atoms with Gasteiger partial charge in [-0.2, -0.15) is 0 Å². The van der Waals surface area contributed by atoms with Crippen LogP contribution < -0.4 is 10.1 Å². The molecule has 0 saturated heterocycles. The van der Waals surface area contributed by atoms with Crippen LogP contribution in [0.25, 0.3) is 10.9 Å². The number of ether oxygens (including phenoxy) is 1. The van der Waals surface area contributed by atoms with Gasteiger partial charge in [0.15, 0.2) is 0 Å². The Kier molecular flexibility index (Phi) is 4.94. The second kappa shape index (κ2) is 7.17. The van der Waals surface area contributed by atoms with Crippen molar-refractivity contribution in [3.63, 3.8) is 0 Å².